The van der Waals surface area contributed by atoms with Crippen molar-refractivity contribution >= 4 is 28.1 Å². The van der Waals surface area contributed by atoms with E-state index in [-0.39, 0.29) is 18.0 Å². The molecule has 0 spiro atoms. The molecule has 1 amide bonds. The Balaban J connectivity index is 1.69. The molecule has 0 saturated carbocycles. The van der Waals surface area contributed by atoms with Crippen molar-refractivity contribution in [1.29, 1.82) is 0 Å². The summed E-state index contributed by atoms with van der Waals surface area (Å²) in [4.78, 5) is 12.1. The van der Waals surface area contributed by atoms with Gasteiger partial charge in [-0.25, -0.2) is 9.82 Å². The van der Waals surface area contributed by atoms with E-state index in [1.165, 1.54) is 31.5 Å². The number of hydrazone groups is 1. The molecule has 1 N–H and O–H groups in total. The Morgan fingerprint density at radius 2 is 1.85 bits per heavy atom. The van der Waals surface area contributed by atoms with Crippen molar-refractivity contribution in [2.45, 2.75) is 12.8 Å². The summed E-state index contributed by atoms with van der Waals surface area (Å²) >= 11 is 3.39. The molecule has 0 unspecified atom stereocenters. The summed E-state index contributed by atoms with van der Waals surface area (Å²) in [7, 11) is 1.45. The number of hydrogen-bond donors (Lipinski definition) is 1. The lowest BCUT2D eigenvalue weighted by Gasteiger charge is -2.13. The van der Waals surface area contributed by atoms with Gasteiger partial charge in [-0.2, -0.15) is 18.3 Å². The molecule has 0 atom stereocenters. The average molecular weight is 525 g/mol. The normalized spacial score (nSPS) is 11.5. The predicted octanol–water partition coefficient (Wildman–Crippen LogP) is 5.96. The van der Waals surface area contributed by atoms with E-state index in [1.807, 2.05) is 0 Å². The van der Waals surface area contributed by atoms with Crippen LogP contribution < -0.4 is 14.9 Å². The molecule has 172 valence electrons. The van der Waals surface area contributed by atoms with Crippen molar-refractivity contribution in [2.75, 3.05) is 7.11 Å². The van der Waals surface area contributed by atoms with Crippen molar-refractivity contribution in [1.82, 2.24) is 5.43 Å². The highest BCUT2D eigenvalue weighted by atomic mass is 79.9. The standard InChI is InChI=1S/C23H17BrF4N2O3/c1-32-20-10-15(9-19(24)21(20)33-13-14-5-7-18(25)8-6-14)12-29-30-22(31)16-3-2-4-17(11-16)23(26,27)28/h2-12H,13H2,1H3,(H,30,31)/b29-12-. The minimum Gasteiger partial charge on any atom is -0.493 e. The largest absolute Gasteiger partial charge is 0.493 e. The quantitative estimate of drug-likeness (QED) is 0.235. The van der Waals surface area contributed by atoms with E-state index in [0.717, 1.165) is 23.8 Å². The first kappa shape index (κ1) is 24.2. The molecule has 33 heavy (non-hydrogen) atoms. The molecular weight excluding hydrogens is 508 g/mol. The third kappa shape index (κ3) is 6.55. The molecule has 0 bridgehead atoms. The van der Waals surface area contributed by atoms with Crippen LogP contribution in [-0.2, 0) is 12.8 Å². The number of nitrogens with zero attached hydrogens (tertiary/aromatic N) is 1. The van der Waals surface area contributed by atoms with Crippen LogP contribution in [0.4, 0.5) is 17.6 Å². The Labute approximate surface area is 195 Å². The zero-order valence-electron chi connectivity index (χ0n) is 17.1. The van der Waals surface area contributed by atoms with Crippen molar-refractivity contribution in [2.24, 2.45) is 5.10 Å². The lowest BCUT2D eigenvalue weighted by molar-refractivity contribution is -0.137. The maximum absolute atomic E-state index is 13.0. The van der Waals surface area contributed by atoms with Crippen molar-refractivity contribution in [3.63, 3.8) is 0 Å². The van der Waals surface area contributed by atoms with Crippen LogP contribution in [0.3, 0.4) is 0 Å². The predicted molar refractivity (Wildman–Crippen MR) is 118 cm³/mol. The molecule has 10 heteroatoms. The van der Waals surface area contributed by atoms with E-state index in [4.69, 9.17) is 9.47 Å². The Bertz CT molecular complexity index is 1170. The van der Waals surface area contributed by atoms with E-state index in [1.54, 1.807) is 24.3 Å². The van der Waals surface area contributed by atoms with Crippen LogP contribution in [0.1, 0.15) is 27.0 Å². The summed E-state index contributed by atoms with van der Waals surface area (Å²) in [5.41, 5.74) is 2.37. The first-order valence-electron chi connectivity index (χ1n) is 9.43. The number of ether oxygens (including phenoxy) is 2. The fourth-order valence-electron chi connectivity index (χ4n) is 2.76. The van der Waals surface area contributed by atoms with Crippen molar-refractivity contribution in [3.05, 3.63) is 93.2 Å². The van der Waals surface area contributed by atoms with Gasteiger partial charge in [-0.3, -0.25) is 4.79 Å². The number of halogens is 5. The monoisotopic (exact) mass is 524 g/mol. The van der Waals surface area contributed by atoms with E-state index in [9.17, 15) is 22.4 Å². The molecule has 0 aliphatic carbocycles. The highest BCUT2D eigenvalue weighted by Gasteiger charge is 2.30. The SMILES string of the molecule is COc1cc(/C=N\NC(=O)c2cccc(C(F)(F)F)c2)cc(Br)c1OCc1ccc(F)cc1. The molecule has 3 aromatic rings. The summed E-state index contributed by atoms with van der Waals surface area (Å²) < 4.78 is 63.1. The highest BCUT2D eigenvalue weighted by molar-refractivity contribution is 9.10. The number of nitrogens with one attached hydrogen (secondary N) is 1. The lowest BCUT2D eigenvalue weighted by Crippen LogP contribution is -2.18. The van der Waals surface area contributed by atoms with Crippen molar-refractivity contribution < 1.29 is 31.8 Å². The number of benzene rings is 3. The maximum Gasteiger partial charge on any atom is 0.416 e. The van der Waals surface area contributed by atoms with E-state index in [0.29, 0.717) is 21.5 Å². The molecule has 0 saturated heterocycles. The van der Waals surface area contributed by atoms with Crippen LogP contribution in [0.15, 0.2) is 70.2 Å². The Morgan fingerprint density at radius 3 is 2.52 bits per heavy atom. The van der Waals surface area contributed by atoms with Gasteiger partial charge < -0.3 is 9.47 Å². The van der Waals surface area contributed by atoms with Gasteiger partial charge in [0.05, 0.1) is 23.4 Å². The maximum atomic E-state index is 13.0. The number of alkyl halides is 3. The fraction of sp³-hybridized carbons (Fsp3) is 0.130. The fourth-order valence-corrected chi connectivity index (χ4v) is 3.33. The van der Waals surface area contributed by atoms with Gasteiger partial charge in [0, 0.05) is 5.56 Å². The zero-order chi connectivity index (χ0) is 24.0. The third-order valence-corrected chi connectivity index (χ3v) is 4.97. The molecule has 0 aliphatic heterocycles. The average Bonchev–Trinajstić information content (AvgIpc) is 2.78. The van der Waals surface area contributed by atoms with E-state index in [2.05, 4.69) is 26.5 Å². The Morgan fingerprint density at radius 1 is 1.12 bits per heavy atom. The van der Waals surface area contributed by atoms with Gasteiger partial charge >= 0.3 is 6.18 Å². The minimum atomic E-state index is -4.55. The van der Waals surface area contributed by atoms with Crippen molar-refractivity contribution in [3.8, 4) is 11.5 Å². The third-order valence-electron chi connectivity index (χ3n) is 4.38. The number of carbonyl (C=O) groups is 1. The number of carbonyl (C=O) groups excluding carboxylic acids is 1. The molecule has 5 nitrogen and oxygen atoms in total. The topological polar surface area (TPSA) is 59.9 Å². The summed E-state index contributed by atoms with van der Waals surface area (Å²) in [5, 5.41) is 3.80. The van der Waals surface area contributed by atoms with Crippen LogP contribution in [0.25, 0.3) is 0 Å². The summed E-state index contributed by atoms with van der Waals surface area (Å²) in [5.74, 6) is -0.354. The van der Waals surface area contributed by atoms with Crippen LogP contribution in [-0.4, -0.2) is 19.2 Å². The highest BCUT2D eigenvalue weighted by Crippen LogP contribution is 2.37. The molecule has 0 aromatic heterocycles. The van der Waals surface area contributed by atoms with Gasteiger partial charge in [0.15, 0.2) is 11.5 Å². The second kappa shape index (κ2) is 10.5. The van der Waals surface area contributed by atoms with Gasteiger partial charge in [0.25, 0.3) is 5.91 Å². The number of amides is 1. The van der Waals surface area contributed by atoms with Gasteiger partial charge in [-0.15, -0.1) is 0 Å². The Hall–Kier alpha value is -3.40. The van der Waals surface area contributed by atoms with E-state index < -0.39 is 17.6 Å². The number of rotatable bonds is 7. The lowest BCUT2D eigenvalue weighted by atomic mass is 10.1. The Kier molecular flexibility index (Phi) is 7.70. The molecular formula is C23H17BrF4N2O3. The van der Waals surface area contributed by atoms with Crippen LogP contribution in [0.5, 0.6) is 11.5 Å². The van der Waals surface area contributed by atoms with Crippen LogP contribution in [0.2, 0.25) is 0 Å². The smallest absolute Gasteiger partial charge is 0.416 e. The van der Waals surface area contributed by atoms with Gasteiger partial charge in [0.1, 0.15) is 12.4 Å². The summed E-state index contributed by atoms with van der Waals surface area (Å²) in [6.45, 7) is 0.176. The second-order valence-electron chi connectivity index (χ2n) is 6.73. The molecule has 3 aromatic carbocycles. The zero-order valence-corrected chi connectivity index (χ0v) is 18.7. The van der Waals surface area contributed by atoms with Gasteiger partial charge in [-0.05, 0) is 69.5 Å². The molecule has 0 heterocycles. The first-order chi connectivity index (χ1) is 15.7. The van der Waals surface area contributed by atoms with Crippen LogP contribution >= 0.6 is 15.9 Å². The summed E-state index contributed by atoms with van der Waals surface area (Å²) in [6, 6.07) is 13.2. The van der Waals surface area contributed by atoms with Gasteiger partial charge in [-0.1, -0.05) is 18.2 Å². The molecule has 0 radical (unpaired) electrons. The van der Waals surface area contributed by atoms with Gasteiger partial charge in [0.2, 0.25) is 0 Å². The first-order valence-corrected chi connectivity index (χ1v) is 10.2. The minimum absolute atomic E-state index is 0.176. The molecule has 0 fully saturated rings. The summed E-state index contributed by atoms with van der Waals surface area (Å²) in [6.07, 6.45) is -3.24. The molecule has 0 aliphatic rings. The molecule has 3 rings (SSSR count). The number of methoxy groups -OCH3 is 1. The van der Waals surface area contributed by atoms with E-state index >= 15 is 0 Å². The second-order valence-corrected chi connectivity index (χ2v) is 7.58. The van der Waals surface area contributed by atoms with Crippen LogP contribution in [0, 0.1) is 5.82 Å². The number of hydrogen-bond acceptors (Lipinski definition) is 4.